The maximum atomic E-state index is 12.2. The summed E-state index contributed by atoms with van der Waals surface area (Å²) in [7, 11) is 0. The fraction of sp³-hybridized carbons (Fsp3) is 0.136. The number of para-hydroxylation sites is 1. The SMILES string of the molecule is O=C(CCNC(=O)c1cccs1)OCc1ccc(C(=O)Nc2ccccc2)cc1. The Balaban J connectivity index is 1.39. The number of amides is 2. The lowest BCUT2D eigenvalue weighted by atomic mass is 10.1. The normalized spacial score (nSPS) is 10.2. The minimum absolute atomic E-state index is 0.0919. The topological polar surface area (TPSA) is 84.5 Å². The van der Waals surface area contributed by atoms with Crippen molar-refractivity contribution in [1.82, 2.24) is 5.32 Å². The molecule has 0 aliphatic rings. The van der Waals surface area contributed by atoms with Gasteiger partial charge in [0.2, 0.25) is 0 Å². The van der Waals surface area contributed by atoms with Gasteiger partial charge in [-0.3, -0.25) is 14.4 Å². The van der Waals surface area contributed by atoms with Crippen molar-refractivity contribution in [1.29, 1.82) is 0 Å². The maximum absolute atomic E-state index is 12.2. The summed E-state index contributed by atoms with van der Waals surface area (Å²) in [5.41, 5.74) is 2.01. The largest absolute Gasteiger partial charge is 0.461 e. The predicted octanol–water partition coefficient (Wildman–Crippen LogP) is 3.86. The summed E-state index contributed by atoms with van der Waals surface area (Å²) in [5, 5.41) is 7.31. The number of rotatable bonds is 8. The summed E-state index contributed by atoms with van der Waals surface area (Å²) in [4.78, 5) is 36.4. The highest BCUT2D eigenvalue weighted by atomic mass is 32.1. The molecule has 3 rings (SSSR count). The first-order valence-electron chi connectivity index (χ1n) is 9.04. The fourth-order valence-electron chi connectivity index (χ4n) is 2.49. The lowest BCUT2D eigenvalue weighted by Crippen LogP contribution is -2.25. The van der Waals surface area contributed by atoms with Crippen molar-refractivity contribution >= 4 is 34.8 Å². The van der Waals surface area contributed by atoms with E-state index in [1.165, 1.54) is 11.3 Å². The third kappa shape index (κ3) is 6.29. The lowest BCUT2D eigenvalue weighted by molar-refractivity contribution is -0.144. The third-order valence-corrected chi connectivity index (χ3v) is 4.88. The molecule has 0 fully saturated rings. The first-order chi connectivity index (χ1) is 14.1. The summed E-state index contributed by atoms with van der Waals surface area (Å²) in [6.07, 6.45) is 0.0919. The van der Waals surface area contributed by atoms with Gasteiger partial charge in [0.1, 0.15) is 6.61 Å². The summed E-state index contributed by atoms with van der Waals surface area (Å²) in [5.74, 6) is -0.805. The van der Waals surface area contributed by atoms with E-state index in [9.17, 15) is 14.4 Å². The third-order valence-electron chi connectivity index (χ3n) is 4.01. The van der Waals surface area contributed by atoms with E-state index in [4.69, 9.17) is 4.74 Å². The first kappa shape index (κ1) is 20.3. The van der Waals surface area contributed by atoms with Crippen LogP contribution in [0.3, 0.4) is 0 Å². The predicted molar refractivity (Wildman–Crippen MR) is 112 cm³/mol. The van der Waals surface area contributed by atoms with Crippen LogP contribution in [0.2, 0.25) is 0 Å². The van der Waals surface area contributed by atoms with Crippen LogP contribution >= 0.6 is 11.3 Å². The molecule has 6 nitrogen and oxygen atoms in total. The number of anilines is 1. The molecule has 0 bridgehead atoms. The van der Waals surface area contributed by atoms with Crippen LogP contribution in [-0.2, 0) is 16.1 Å². The number of hydrogen-bond donors (Lipinski definition) is 2. The Morgan fingerprint density at radius 2 is 1.62 bits per heavy atom. The molecule has 0 saturated carbocycles. The highest BCUT2D eigenvalue weighted by molar-refractivity contribution is 7.12. The van der Waals surface area contributed by atoms with Gasteiger partial charge in [-0.05, 0) is 41.3 Å². The first-order valence-corrected chi connectivity index (χ1v) is 9.92. The van der Waals surface area contributed by atoms with Gasteiger partial charge in [-0.1, -0.05) is 36.4 Å². The van der Waals surface area contributed by atoms with Crippen LogP contribution in [0.5, 0.6) is 0 Å². The van der Waals surface area contributed by atoms with Gasteiger partial charge >= 0.3 is 5.97 Å². The van der Waals surface area contributed by atoms with Crippen LogP contribution in [0.1, 0.15) is 32.0 Å². The molecule has 1 heterocycles. The molecule has 2 amide bonds. The minimum atomic E-state index is -0.401. The van der Waals surface area contributed by atoms with Crippen LogP contribution in [-0.4, -0.2) is 24.3 Å². The van der Waals surface area contributed by atoms with Gasteiger partial charge in [-0.15, -0.1) is 11.3 Å². The van der Waals surface area contributed by atoms with Crippen molar-refractivity contribution < 1.29 is 19.1 Å². The highest BCUT2D eigenvalue weighted by Crippen LogP contribution is 2.11. The van der Waals surface area contributed by atoms with E-state index < -0.39 is 5.97 Å². The van der Waals surface area contributed by atoms with E-state index in [0.29, 0.717) is 10.4 Å². The van der Waals surface area contributed by atoms with Crippen LogP contribution in [0, 0.1) is 0 Å². The highest BCUT2D eigenvalue weighted by Gasteiger charge is 2.09. The van der Waals surface area contributed by atoms with E-state index in [-0.39, 0.29) is 31.4 Å². The zero-order valence-electron chi connectivity index (χ0n) is 15.6. The van der Waals surface area contributed by atoms with Crippen LogP contribution in [0.15, 0.2) is 72.1 Å². The molecule has 0 radical (unpaired) electrons. The number of esters is 1. The zero-order chi connectivity index (χ0) is 20.5. The van der Waals surface area contributed by atoms with E-state index in [2.05, 4.69) is 10.6 Å². The van der Waals surface area contributed by atoms with Gasteiger partial charge in [0.15, 0.2) is 0 Å². The summed E-state index contributed by atoms with van der Waals surface area (Å²) in [6, 6.07) is 19.6. The second-order valence-corrected chi connectivity index (χ2v) is 7.11. The molecule has 3 aromatic rings. The van der Waals surface area contributed by atoms with Crippen LogP contribution in [0.4, 0.5) is 5.69 Å². The number of carbonyl (C=O) groups excluding carboxylic acids is 3. The molecule has 29 heavy (non-hydrogen) atoms. The van der Waals surface area contributed by atoms with Gasteiger partial charge in [0.25, 0.3) is 11.8 Å². The Labute approximate surface area is 172 Å². The Morgan fingerprint density at radius 1 is 0.862 bits per heavy atom. The molecule has 0 unspecified atom stereocenters. The van der Waals surface area contributed by atoms with E-state index in [0.717, 1.165) is 11.3 Å². The van der Waals surface area contributed by atoms with Gasteiger partial charge < -0.3 is 15.4 Å². The van der Waals surface area contributed by atoms with Gasteiger partial charge in [0, 0.05) is 17.8 Å². The standard InChI is InChI=1S/C22H20N2O4S/c25-20(12-13-23-22(27)19-7-4-14-29-19)28-15-16-8-10-17(11-9-16)21(26)24-18-5-2-1-3-6-18/h1-11,14H,12-13,15H2,(H,23,27)(H,24,26). The molecule has 148 valence electrons. The number of nitrogens with one attached hydrogen (secondary N) is 2. The number of carbonyl (C=O) groups is 3. The van der Waals surface area contributed by atoms with Gasteiger partial charge in [0.05, 0.1) is 11.3 Å². The molecule has 0 atom stereocenters. The molecule has 0 spiro atoms. The molecule has 0 aliphatic carbocycles. The smallest absolute Gasteiger partial charge is 0.307 e. The fourth-order valence-corrected chi connectivity index (χ4v) is 3.13. The van der Waals surface area contributed by atoms with Crippen molar-refractivity contribution in [3.05, 3.63) is 88.1 Å². The van der Waals surface area contributed by atoms with Crippen LogP contribution < -0.4 is 10.6 Å². The Kier molecular flexibility index (Phi) is 7.13. The molecule has 1 aromatic heterocycles. The molecular formula is C22H20N2O4S. The van der Waals surface area contributed by atoms with Crippen molar-refractivity contribution in [2.75, 3.05) is 11.9 Å². The van der Waals surface area contributed by atoms with E-state index in [1.54, 1.807) is 36.4 Å². The number of hydrogen-bond acceptors (Lipinski definition) is 5. The molecule has 2 N–H and O–H groups in total. The maximum Gasteiger partial charge on any atom is 0.307 e. The molecule has 7 heteroatoms. The average Bonchev–Trinajstić information content (AvgIpc) is 3.28. The molecule has 2 aromatic carbocycles. The van der Waals surface area contributed by atoms with E-state index in [1.807, 2.05) is 35.7 Å². The van der Waals surface area contributed by atoms with E-state index >= 15 is 0 Å². The summed E-state index contributed by atoms with van der Waals surface area (Å²) in [6.45, 7) is 0.326. The van der Waals surface area contributed by atoms with Crippen molar-refractivity contribution in [2.24, 2.45) is 0 Å². The second kappa shape index (κ2) is 10.2. The monoisotopic (exact) mass is 408 g/mol. The number of thiophene rings is 1. The Morgan fingerprint density at radius 3 is 2.31 bits per heavy atom. The minimum Gasteiger partial charge on any atom is -0.461 e. The molecular weight excluding hydrogens is 388 g/mol. The quantitative estimate of drug-likeness (QED) is 0.554. The summed E-state index contributed by atoms with van der Waals surface area (Å²) < 4.78 is 5.21. The Hall–Kier alpha value is -3.45. The molecule has 0 saturated heterocycles. The van der Waals surface area contributed by atoms with Crippen LogP contribution in [0.25, 0.3) is 0 Å². The van der Waals surface area contributed by atoms with Gasteiger partial charge in [-0.25, -0.2) is 0 Å². The Bertz CT molecular complexity index is 954. The van der Waals surface area contributed by atoms with Crippen molar-refractivity contribution in [2.45, 2.75) is 13.0 Å². The van der Waals surface area contributed by atoms with Gasteiger partial charge in [-0.2, -0.15) is 0 Å². The average molecular weight is 408 g/mol. The van der Waals surface area contributed by atoms with Crippen molar-refractivity contribution in [3.63, 3.8) is 0 Å². The lowest BCUT2D eigenvalue weighted by Gasteiger charge is -2.08. The number of ether oxygens (including phenoxy) is 1. The number of benzene rings is 2. The molecule has 0 aliphatic heterocycles. The van der Waals surface area contributed by atoms with Crippen molar-refractivity contribution in [3.8, 4) is 0 Å². The second-order valence-electron chi connectivity index (χ2n) is 6.16. The summed E-state index contributed by atoms with van der Waals surface area (Å²) >= 11 is 1.34. The zero-order valence-corrected chi connectivity index (χ0v) is 16.4.